The highest BCUT2D eigenvalue weighted by atomic mass is 32.1. The molecule has 0 bridgehead atoms. The highest BCUT2D eigenvalue weighted by molar-refractivity contribution is 7.81. The third-order valence-electron chi connectivity index (χ3n) is 5.44. The van der Waals surface area contributed by atoms with E-state index in [0.717, 1.165) is 52.2 Å². The Morgan fingerprint density at radius 3 is 2.63 bits per heavy atom. The van der Waals surface area contributed by atoms with Gasteiger partial charge in [-0.25, -0.2) is 9.97 Å². The summed E-state index contributed by atoms with van der Waals surface area (Å²) in [5.74, 6) is 1.72. The molecule has 4 heterocycles. The number of aryl methyl sites for hydroxylation is 1. The average molecular weight is 415 g/mol. The Hall–Kier alpha value is -3.32. The van der Waals surface area contributed by atoms with Crippen LogP contribution in [0.1, 0.15) is 18.4 Å². The number of benzene rings is 1. The van der Waals surface area contributed by atoms with E-state index in [0.29, 0.717) is 4.99 Å². The van der Waals surface area contributed by atoms with Gasteiger partial charge in [0.2, 0.25) is 0 Å². The Kier molecular flexibility index (Phi) is 4.88. The fourth-order valence-corrected chi connectivity index (χ4v) is 4.06. The first-order chi connectivity index (χ1) is 14.7. The van der Waals surface area contributed by atoms with Crippen molar-refractivity contribution in [2.75, 3.05) is 23.3 Å². The molecular formula is C23H22N6S. The van der Waals surface area contributed by atoms with E-state index < -0.39 is 0 Å². The van der Waals surface area contributed by atoms with E-state index in [2.05, 4.69) is 49.5 Å². The van der Waals surface area contributed by atoms with Crippen LogP contribution in [0.2, 0.25) is 0 Å². The van der Waals surface area contributed by atoms with Crippen LogP contribution in [-0.2, 0) is 7.05 Å². The van der Waals surface area contributed by atoms with Gasteiger partial charge in [-0.1, -0.05) is 24.4 Å². The third-order valence-corrected chi connectivity index (χ3v) is 5.78. The van der Waals surface area contributed by atoms with Gasteiger partial charge in [-0.15, -0.1) is 0 Å². The molecule has 1 N–H and O–H groups in total. The summed E-state index contributed by atoms with van der Waals surface area (Å²) < 4.78 is 1.81. The van der Waals surface area contributed by atoms with Crippen LogP contribution >= 0.6 is 12.2 Å². The lowest BCUT2D eigenvalue weighted by molar-refractivity contribution is 0.768. The van der Waals surface area contributed by atoms with Gasteiger partial charge >= 0.3 is 0 Å². The van der Waals surface area contributed by atoms with Gasteiger partial charge in [0.15, 0.2) is 0 Å². The summed E-state index contributed by atoms with van der Waals surface area (Å²) >= 11 is 5.66. The van der Waals surface area contributed by atoms with Crippen molar-refractivity contribution in [1.82, 2.24) is 19.7 Å². The zero-order valence-corrected chi connectivity index (χ0v) is 17.6. The number of pyridine rings is 2. The first kappa shape index (κ1) is 18.7. The van der Waals surface area contributed by atoms with E-state index in [4.69, 9.17) is 12.2 Å². The molecule has 6 nitrogen and oxygen atoms in total. The number of nitrogens with zero attached hydrogens (tertiary/aromatic N) is 5. The monoisotopic (exact) mass is 414 g/mol. The molecule has 0 radical (unpaired) electrons. The Morgan fingerprint density at radius 1 is 0.967 bits per heavy atom. The number of thiocarbonyl (C=S) groups is 1. The number of hydrogen-bond acceptors (Lipinski definition) is 5. The zero-order valence-electron chi connectivity index (χ0n) is 16.7. The van der Waals surface area contributed by atoms with Crippen molar-refractivity contribution in [1.29, 1.82) is 0 Å². The van der Waals surface area contributed by atoms with Gasteiger partial charge in [0.25, 0.3) is 0 Å². The molecule has 7 heteroatoms. The summed E-state index contributed by atoms with van der Waals surface area (Å²) in [5, 5.41) is 9.74. The smallest absolute Gasteiger partial charge is 0.131 e. The van der Waals surface area contributed by atoms with Gasteiger partial charge in [-0.05, 0) is 48.1 Å². The summed E-state index contributed by atoms with van der Waals surface area (Å²) in [7, 11) is 1.92. The van der Waals surface area contributed by atoms with Crippen molar-refractivity contribution in [3.8, 4) is 11.1 Å². The molecule has 0 aliphatic carbocycles. The van der Waals surface area contributed by atoms with Crippen molar-refractivity contribution in [3.63, 3.8) is 0 Å². The number of hydrogen-bond donors (Lipinski definition) is 1. The minimum atomic E-state index is 0.646. The summed E-state index contributed by atoms with van der Waals surface area (Å²) in [6.45, 7) is 2.12. The number of aromatic nitrogens is 4. The molecule has 3 aromatic heterocycles. The molecule has 0 unspecified atom stereocenters. The first-order valence-electron chi connectivity index (χ1n) is 10.1. The molecule has 4 aromatic rings. The number of nitrogens with one attached hydrogen (secondary N) is 1. The molecule has 0 amide bonds. The predicted octanol–water partition coefficient (Wildman–Crippen LogP) is 4.42. The molecular weight excluding hydrogens is 392 g/mol. The fourth-order valence-electron chi connectivity index (χ4n) is 3.83. The maximum Gasteiger partial charge on any atom is 0.131 e. The van der Waals surface area contributed by atoms with E-state index >= 15 is 0 Å². The Balaban J connectivity index is 1.39. The molecule has 30 heavy (non-hydrogen) atoms. The molecule has 0 saturated carbocycles. The van der Waals surface area contributed by atoms with E-state index in [1.807, 2.05) is 48.6 Å². The Labute approximate surface area is 180 Å². The van der Waals surface area contributed by atoms with E-state index in [-0.39, 0.29) is 0 Å². The maximum absolute atomic E-state index is 5.66. The van der Waals surface area contributed by atoms with Crippen LogP contribution < -0.4 is 10.2 Å². The first-order valence-corrected chi connectivity index (χ1v) is 10.5. The van der Waals surface area contributed by atoms with Gasteiger partial charge in [0.05, 0.1) is 6.20 Å². The molecule has 5 rings (SSSR count). The summed E-state index contributed by atoms with van der Waals surface area (Å²) in [6, 6.07) is 12.4. The third kappa shape index (κ3) is 3.76. The summed E-state index contributed by atoms with van der Waals surface area (Å²) in [4.78, 5) is 12.0. The number of anilines is 2. The van der Waals surface area contributed by atoms with Crippen molar-refractivity contribution in [2.45, 2.75) is 12.8 Å². The van der Waals surface area contributed by atoms with Crippen LogP contribution in [0.5, 0.6) is 0 Å². The van der Waals surface area contributed by atoms with Crippen molar-refractivity contribution < 1.29 is 0 Å². The lowest BCUT2D eigenvalue weighted by atomic mass is 10.1. The molecule has 0 spiro atoms. The van der Waals surface area contributed by atoms with Gasteiger partial charge in [0.1, 0.15) is 16.6 Å². The standard InChI is InChI=1S/C23H22N6S/c1-28-15-20(14-26-28)16-4-5-18-13-25-21(11-19(18)10-16)27-23(30)17-6-7-24-22(12-17)29-8-2-3-9-29/h4-7,10-15H,2-3,8-9H2,1H3,(H,25,27,30). The molecule has 1 aliphatic heterocycles. The molecule has 1 aromatic carbocycles. The summed E-state index contributed by atoms with van der Waals surface area (Å²) in [6.07, 6.45) is 10.0. The number of rotatable bonds is 4. The van der Waals surface area contributed by atoms with Crippen molar-refractivity contribution >= 4 is 39.6 Å². The highest BCUT2D eigenvalue weighted by Crippen LogP contribution is 2.25. The minimum absolute atomic E-state index is 0.646. The molecule has 1 aliphatic rings. The maximum atomic E-state index is 5.66. The van der Waals surface area contributed by atoms with Crippen LogP contribution in [0, 0.1) is 0 Å². The van der Waals surface area contributed by atoms with E-state index in [1.165, 1.54) is 12.8 Å². The van der Waals surface area contributed by atoms with E-state index in [9.17, 15) is 0 Å². The second-order valence-electron chi connectivity index (χ2n) is 7.59. The highest BCUT2D eigenvalue weighted by Gasteiger charge is 2.14. The molecule has 1 fully saturated rings. The van der Waals surface area contributed by atoms with Crippen LogP contribution in [-0.4, -0.2) is 37.8 Å². The van der Waals surface area contributed by atoms with Gasteiger partial charge in [-0.3, -0.25) is 4.68 Å². The van der Waals surface area contributed by atoms with E-state index in [1.54, 1.807) is 0 Å². The minimum Gasteiger partial charge on any atom is -0.357 e. The normalized spacial score (nSPS) is 13.7. The Morgan fingerprint density at radius 2 is 1.83 bits per heavy atom. The van der Waals surface area contributed by atoms with Crippen LogP contribution in [0.15, 0.2) is 61.2 Å². The molecule has 150 valence electrons. The van der Waals surface area contributed by atoms with Crippen molar-refractivity contribution in [2.24, 2.45) is 7.05 Å². The lowest BCUT2D eigenvalue weighted by Crippen LogP contribution is -2.20. The average Bonchev–Trinajstić information content (AvgIpc) is 3.45. The quantitative estimate of drug-likeness (QED) is 0.499. The van der Waals surface area contributed by atoms with Crippen LogP contribution in [0.25, 0.3) is 21.9 Å². The zero-order chi connectivity index (χ0) is 20.5. The van der Waals surface area contributed by atoms with Gasteiger partial charge in [0, 0.05) is 55.2 Å². The van der Waals surface area contributed by atoms with Crippen LogP contribution in [0.4, 0.5) is 11.6 Å². The summed E-state index contributed by atoms with van der Waals surface area (Å²) in [5.41, 5.74) is 3.17. The second kappa shape index (κ2) is 7.84. The molecule has 0 atom stereocenters. The SMILES string of the molecule is Cn1cc(-c2ccc3cnc(NC(=S)c4ccnc(N5CCCC5)c4)cc3c2)cn1. The second-order valence-corrected chi connectivity index (χ2v) is 7.99. The van der Waals surface area contributed by atoms with Gasteiger partial charge < -0.3 is 10.2 Å². The van der Waals surface area contributed by atoms with Crippen LogP contribution in [0.3, 0.4) is 0 Å². The topological polar surface area (TPSA) is 58.9 Å². The van der Waals surface area contributed by atoms with Gasteiger partial charge in [-0.2, -0.15) is 5.10 Å². The lowest BCUT2D eigenvalue weighted by Gasteiger charge is -2.17. The molecule has 1 saturated heterocycles. The largest absolute Gasteiger partial charge is 0.357 e. The Bertz CT molecular complexity index is 1230. The fraction of sp³-hybridized carbons (Fsp3) is 0.217. The van der Waals surface area contributed by atoms with Crippen molar-refractivity contribution in [3.05, 3.63) is 66.7 Å². The number of fused-ring (bicyclic) bond motifs is 1. The predicted molar refractivity (Wildman–Crippen MR) is 125 cm³/mol.